The van der Waals surface area contributed by atoms with Crippen LogP contribution in [0.4, 0.5) is 0 Å². The van der Waals surface area contributed by atoms with Gasteiger partial charge in [-0.3, -0.25) is 4.79 Å². The van der Waals surface area contributed by atoms with Crippen LogP contribution in [0.25, 0.3) is 0 Å². The largest absolute Gasteiger partial charge is 0.497 e. The SMILES string of the molecule is CCc1cc(OC)ccc1C(=O)OC(C)=O. The molecule has 0 amide bonds. The molecular weight excluding hydrogens is 208 g/mol. The first kappa shape index (κ1) is 12.2. The lowest BCUT2D eigenvalue weighted by Crippen LogP contribution is -2.11. The van der Waals surface area contributed by atoms with Crippen LogP contribution in [0.5, 0.6) is 5.75 Å². The Balaban J connectivity index is 3.03. The van der Waals surface area contributed by atoms with E-state index in [2.05, 4.69) is 4.74 Å². The minimum Gasteiger partial charge on any atom is -0.497 e. The molecule has 0 radical (unpaired) electrons. The Bertz CT molecular complexity index is 409. The summed E-state index contributed by atoms with van der Waals surface area (Å²) in [5.41, 5.74) is 1.20. The van der Waals surface area contributed by atoms with Gasteiger partial charge in [-0.25, -0.2) is 4.79 Å². The lowest BCUT2D eigenvalue weighted by atomic mass is 10.1. The van der Waals surface area contributed by atoms with E-state index in [-0.39, 0.29) is 0 Å². The number of carbonyl (C=O) groups is 2. The number of hydrogen-bond donors (Lipinski definition) is 0. The summed E-state index contributed by atoms with van der Waals surface area (Å²) >= 11 is 0. The zero-order chi connectivity index (χ0) is 12.1. The van der Waals surface area contributed by atoms with Crippen LogP contribution in [0, 0.1) is 0 Å². The number of hydrogen-bond acceptors (Lipinski definition) is 4. The van der Waals surface area contributed by atoms with Crippen molar-refractivity contribution in [1.82, 2.24) is 0 Å². The topological polar surface area (TPSA) is 52.6 Å². The van der Waals surface area contributed by atoms with Crippen molar-refractivity contribution in [2.75, 3.05) is 7.11 Å². The summed E-state index contributed by atoms with van der Waals surface area (Å²) in [6, 6.07) is 5.02. The average molecular weight is 222 g/mol. The summed E-state index contributed by atoms with van der Waals surface area (Å²) in [4.78, 5) is 22.2. The zero-order valence-electron chi connectivity index (χ0n) is 9.57. The fourth-order valence-corrected chi connectivity index (χ4v) is 1.37. The van der Waals surface area contributed by atoms with Crippen molar-refractivity contribution in [2.24, 2.45) is 0 Å². The van der Waals surface area contributed by atoms with Crippen LogP contribution >= 0.6 is 0 Å². The third kappa shape index (κ3) is 2.82. The van der Waals surface area contributed by atoms with E-state index < -0.39 is 11.9 Å². The Morgan fingerprint density at radius 3 is 2.50 bits per heavy atom. The highest BCUT2D eigenvalue weighted by atomic mass is 16.6. The number of rotatable bonds is 3. The molecule has 1 rings (SSSR count). The summed E-state index contributed by atoms with van der Waals surface area (Å²) in [5, 5.41) is 0. The van der Waals surface area contributed by atoms with Gasteiger partial charge in [0.15, 0.2) is 0 Å². The first-order valence-electron chi connectivity index (χ1n) is 4.98. The molecule has 86 valence electrons. The highest BCUT2D eigenvalue weighted by Crippen LogP contribution is 2.19. The summed E-state index contributed by atoms with van der Waals surface area (Å²) in [5.74, 6) is -0.550. The van der Waals surface area contributed by atoms with Crippen molar-refractivity contribution < 1.29 is 19.1 Å². The maximum Gasteiger partial charge on any atom is 0.346 e. The van der Waals surface area contributed by atoms with Gasteiger partial charge in [-0.1, -0.05) is 6.92 Å². The molecule has 0 aliphatic carbocycles. The molecule has 0 bridgehead atoms. The highest BCUT2D eigenvalue weighted by Gasteiger charge is 2.14. The van der Waals surface area contributed by atoms with Gasteiger partial charge in [0.25, 0.3) is 0 Å². The Morgan fingerprint density at radius 2 is 2.00 bits per heavy atom. The second kappa shape index (κ2) is 5.30. The molecule has 0 heterocycles. The van der Waals surface area contributed by atoms with E-state index in [1.165, 1.54) is 6.92 Å². The van der Waals surface area contributed by atoms with Crippen molar-refractivity contribution in [1.29, 1.82) is 0 Å². The van der Waals surface area contributed by atoms with Gasteiger partial charge in [0.05, 0.1) is 12.7 Å². The lowest BCUT2D eigenvalue weighted by Gasteiger charge is -2.08. The van der Waals surface area contributed by atoms with Crippen molar-refractivity contribution in [3.05, 3.63) is 29.3 Å². The van der Waals surface area contributed by atoms with Gasteiger partial charge in [-0.15, -0.1) is 0 Å². The lowest BCUT2D eigenvalue weighted by molar-refractivity contribution is -0.135. The van der Waals surface area contributed by atoms with Crippen LogP contribution in [0.2, 0.25) is 0 Å². The number of methoxy groups -OCH3 is 1. The zero-order valence-corrected chi connectivity index (χ0v) is 9.57. The molecule has 0 saturated carbocycles. The monoisotopic (exact) mass is 222 g/mol. The molecule has 0 fully saturated rings. The van der Waals surface area contributed by atoms with Crippen LogP contribution in [0.3, 0.4) is 0 Å². The molecule has 1 aromatic carbocycles. The van der Waals surface area contributed by atoms with Crippen LogP contribution in [0.1, 0.15) is 29.8 Å². The number of ether oxygens (including phenoxy) is 2. The van der Waals surface area contributed by atoms with Gasteiger partial charge in [0, 0.05) is 6.92 Å². The fourth-order valence-electron chi connectivity index (χ4n) is 1.37. The van der Waals surface area contributed by atoms with Gasteiger partial charge in [-0.05, 0) is 30.2 Å². The molecule has 0 unspecified atom stereocenters. The molecule has 1 aromatic rings. The number of aryl methyl sites for hydroxylation is 1. The summed E-state index contributed by atoms with van der Waals surface area (Å²) in [6.45, 7) is 3.12. The quantitative estimate of drug-likeness (QED) is 0.579. The van der Waals surface area contributed by atoms with Crippen molar-refractivity contribution >= 4 is 11.9 Å². The molecule has 16 heavy (non-hydrogen) atoms. The number of benzene rings is 1. The summed E-state index contributed by atoms with van der Waals surface area (Å²) < 4.78 is 9.59. The van der Waals surface area contributed by atoms with E-state index in [1.54, 1.807) is 25.3 Å². The normalized spacial score (nSPS) is 9.69. The van der Waals surface area contributed by atoms with Gasteiger partial charge >= 0.3 is 11.9 Å². The van der Waals surface area contributed by atoms with Crippen LogP contribution in [-0.4, -0.2) is 19.0 Å². The molecule has 0 aromatic heterocycles. The second-order valence-electron chi connectivity index (χ2n) is 3.26. The number of esters is 2. The molecule has 0 aliphatic heterocycles. The van der Waals surface area contributed by atoms with E-state index in [1.807, 2.05) is 6.92 Å². The van der Waals surface area contributed by atoms with Crippen LogP contribution in [-0.2, 0) is 16.0 Å². The number of carbonyl (C=O) groups excluding carboxylic acids is 2. The smallest absolute Gasteiger partial charge is 0.346 e. The highest BCUT2D eigenvalue weighted by molar-refractivity contribution is 5.97. The predicted octanol–water partition coefficient (Wildman–Crippen LogP) is 1.96. The minimum atomic E-state index is -0.619. The summed E-state index contributed by atoms with van der Waals surface area (Å²) in [7, 11) is 1.56. The molecule has 4 nitrogen and oxygen atoms in total. The minimum absolute atomic E-state index is 0.401. The van der Waals surface area contributed by atoms with Gasteiger partial charge in [0.1, 0.15) is 5.75 Å². The molecule has 0 N–H and O–H groups in total. The molecule has 0 saturated heterocycles. The van der Waals surface area contributed by atoms with Gasteiger partial charge in [0.2, 0.25) is 0 Å². The van der Waals surface area contributed by atoms with Crippen molar-refractivity contribution in [3.63, 3.8) is 0 Å². The second-order valence-corrected chi connectivity index (χ2v) is 3.26. The third-order valence-electron chi connectivity index (χ3n) is 2.15. The van der Waals surface area contributed by atoms with Crippen molar-refractivity contribution in [2.45, 2.75) is 20.3 Å². The van der Waals surface area contributed by atoms with E-state index in [0.29, 0.717) is 17.7 Å². The van der Waals surface area contributed by atoms with E-state index in [9.17, 15) is 9.59 Å². The molecular formula is C12H14O4. The first-order valence-corrected chi connectivity index (χ1v) is 4.98. The summed E-state index contributed by atoms with van der Waals surface area (Å²) in [6.07, 6.45) is 0.666. The Morgan fingerprint density at radius 1 is 1.31 bits per heavy atom. The first-order chi connectivity index (χ1) is 7.58. The molecule has 0 aliphatic rings. The molecule has 0 atom stereocenters. The van der Waals surface area contributed by atoms with Gasteiger partial charge in [-0.2, -0.15) is 0 Å². The third-order valence-corrected chi connectivity index (χ3v) is 2.15. The van der Waals surface area contributed by atoms with E-state index >= 15 is 0 Å². The molecule has 4 heteroatoms. The fraction of sp³-hybridized carbons (Fsp3) is 0.333. The van der Waals surface area contributed by atoms with Crippen LogP contribution < -0.4 is 4.74 Å². The Labute approximate surface area is 94.2 Å². The molecule has 0 spiro atoms. The van der Waals surface area contributed by atoms with Gasteiger partial charge < -0.3 is 9.47 Å². The predicted molar refractivity (Wildman–Crippen MR) is 58.5 cm³/mol. The standard InChI is InChI=1S/C12H14O4/c1-4-9-7-10(15-3)5-6-11(9)12(14)16-8(2)13/h5-7H,4H2,1-3H3. The Kier molecular flexibility index (Phi) is 4.05. The maximum absolute atomic E-state index is 11.6. The van der Waals surface area contributed by atoms with E-state index in [4.69, 9.17) is 4.74 Å². The van der Waals surface area contributed by atoms with E-state index in [0.717, 1.165) is 5.56 Å². The maximum atomic E-state index is 11.6. The average Bonchev–Trinajstić information content (AvgIpc) is 2.27. The Hall–Kier alpha value is -1.84. The van der Waals surface area contributed by atoms with Crippen LogP contribution in [0.15, 0.2) is 18.2 Å². The van der Waals surface area contributed by atoms with Crippen molar-refractivity contribution in [3.8, 4) is 5.75 Å².